The second-order valence-corrected chi connectivity index (χ2v) is 11.8. The number of nitrogens with one attached hydrogen (secondary N) is 3. The van der Waals surface area contributed by atoms with Gasteiger partial charge in [0.1, 0.15) is 5.82 Å². The molecule has 0 spiro atoms. The van der Waals surface area contributed by atoms with Gasteiger partial charge in [-0.2, -0.15) is 10.2 Å². The summed E-state index contributed by atoms with van der Waals surface area (Å²) < 4.78 is 43.9. The second-order valence-electron chi connectivity index (χ2n) is 10.5. The molecular weight excluding hydrogens is 762 g/mol. The molecule has 1 aromatic heterocycles. The molecule has 0 aliphatic carbocycles. The maximum Gasteiger partial charge on any atom is 0.257 e. The Labute approximate surface area is 296 Å². The molecule has 1 heterocycles. The molecule has 0 unspecified atom stereocenters. The van der Waals surface area contributed by atoms with E-state index in [0.29, 0.717) is 38.6 Å². The topological polar surface area (TPSA) is 147 Å². The van der Waals surface area contributed by atoms with E-state index in [1.165, 1.54) is 18.5 Å². The standard InChI is InChI=1S/C35H23F3IN9O2/c36-28-15-14-27(32(31(28)38)44-30-16-7-23(39)17-29(30)37)35(50)43-24-10-12-26(13-11-24)46-45-25-8-5-22(6-9-25)34(49)40-18-20-1-3-21(4-2-20)33-47-41-19-42-48-33/h1-17,19,44H,18H2,(H,40,49)(H,43,50). The fourth-order valence-corrected chi connectivity index (χ4v) is 5.02. The number of rotatable bonds is 10. The average molecular weight is 786 g/mol. The van der Waals surface area contributed by atoms with Crippen molar-refractivity contribution in [2.45, 2.75) is 6.54 Å². The van der Waals surface area contributed by atoms with Crippen molar-refractivity contribution in [1.82, 2.24) is 25.7 Å². The molecule has 2 amide bonds. The van der Waals surface area contributed by atoms with E-state index in [0.717, 1.165) is 23.3 Å². The van der Waals surface area contributed by atoms with Crippen LogP contribution in [-0.2, 0) is 6.54 Å². The van der Waals surface area contributed by atoms with Gasteiger partial charge in [-0.1, -0.05) is 24.3 Å². The molecule has 0 atom stereocenters. The van der Waals surface area contributed by atoms with E-state index in [9.17, 15) is 22.8 Å². The maximum atomic E-state index is 14.8. The number of hydrogen-bond acceptors (Lipinski definition) is 9. The Kier molecular flexibility index (Phi) is 10.4. The second kappa shape index (κ2) is 15.4. The van der Waals surface area contributed by atoms with E-state index in [2.05, 4.69) is 46.6 Å². The molecule has 0 bridgehead atoms. The lowest BCUT2D eigenvalue weighted by Gasteiger charge is -2.14. The zero-order chi connectivity index (χ0) is 35.0. The van der Waals surface area contributed by atoms with Gasteiger partial charge in [0.2, 0.25) is 5.82 Å². The van der Waals surface area contributed by atoms with Gasteiger partial charge in [0, 0.05) is 26.9 Å². The van der Waals surface area contributed by atoms with Crippen LogP contribution in [0.5, 0.6) is 0 Å². The average Bonchev–Trinajstić information content (AvgIpc) is 3.14. The molecule has 0 radical (unpaired) electrons. The normalized spacial score (nSPS) is 11.0. The van der Waals surface area contributed by atoms with E-state index in [1.807, 2.05) is 46.9 Å². The number of amides is 2. The number of carbonyl (C=O) groups is 2. The first-order valence-electron chi connectivity index (χ1n) is 14.7. The Morgan fingerprint density at radius 1 is 0.720 bits per heavy atom. The minimum absolute atomic E-state index is 0.119. The van der Waals surface area contributed by atoms with Crippen LogP contribution in [0.3, 0.4) is 0 Å². The van der Waals surface area contributed by atoms with Crippen LogP contribution in [0.15, 0.2) is 120 Å². The monoisotopic (exact) mass is 785 g/mol. The van der Waals surface area contributed by atoms with Crippen molar-refractivity contribution < 1.29 is 22.8 Å². The third-order valence-electron chi connectivity index (χ3n) is 7.14. The number of aromatic nitrogens is 4. The Bertz CT molecular complexity index is 2190. The van der Waals surface area contributed by atoms with Crippen molar-refractivity contribution in [1.29, 1.82) is 0 Å². The Morgan fingerprint density at radius 3 is 2.04 bits per heavy atom. The van der Waals surface area contributed by atoms with Crippen molar-refractivity contribution in [3.05, 3.63) is 147 Å². The summed E-state index contributed by atoms with van der Waals surface area (Å²) in [6, 6.07) is 26.3. The summed E-state index contributed by atoms with van der Waals surface area (Å²) in [6.07, 6.45) is 1.25. The van der Waals surface area contributed by atoms with Crippen LogP contribution in [0.2, 0.25) is 0 Å². The molecule has 248 valence electrons. The SMILES string of the molecule is O=C(NCc1ccc(-c2nncnn2)cc1)c1ccc(N=Nc2ccc(NC(=O)c3ccc(F)c(F)c3Nc3ccc(I)cc3F)cc2)cc1. The number of azo groups is 1. The molecule has 0 saturated heterocycles. The number of benzene rings is 5. The highest BCUT2D eigenvalue weighted by Gasteiger charge is 2.20. The molecule has 50 heavy (non-hydrogen) atoms. The molecule has 11 nitrogen and oxygen atoms in total. The van der Waals surface area contributed by atoms with Gasteiger partial charge >= 0.3 is 0 Å². The molecule has 6 rings (SSSR count). The van der Waals surface area contributed by atoms with Crippen molar-refractivity contribution in [3.8, 4) is 11.4 Å². The number of anilines is 3. The highest BCUT2D eigenvalue weighted by molar-refractivity contribution is 14.1. The van der Waals surface area contributed by atoms with Crippen LogP contribution in [-0.4, -0.2) is 32.2 Å². The van der Waals surface area contributed by atoms with Gasteiger partial charge < -0.3 is 16.0 Å². The zero-order valence-corrected chi connectivity index (χ0v) is 27.8. The third-order valence-corrected chi connectivity index (χ3v) is 7.81. The van der Waals surface area contributed by atoms with E-state index < -0.39 is 29.0 Å². The molecule has 0 aliphatic heterocycles. The number of nitrogens with zero attached hydrogens (tertiary/aromatic N) is 6. The van der Waals surface area contributed by atoms with E-state index >= 15 is 0 Å². The molecule has 0 fully saturated rings. The predicted molar refractivity (Wildman–Crippen MR) is 188 cm³/mol. The lowest BCUT2D eigenvalue weighted by Crippen LogP contribution is -2.22. The Hall–Kier alpha value is -6.10. The molecule has 3 N–H and O–H groups in total. The van der Waals surface area contributed by atoms with Crippen molar-refractivity contribution in [2.75, 3.05) is 10.6 Å². The van der Waals surface area contributed by atoms with Gasteiger partial charge in [0.15, 0.2) is 18.0 Å². The van der Waals surface area contributed by atoms with Crippen LogP contribution < -0.4 is 16.0 Å². The van der Waals surface area contributed by atoms with E-state index in [-0.39, 0.29) is 17.2 Å². The van der Waals surface area contributed by atoms with Gasteiger partial charge in [0.05, 0.1) is 28.3 Å². The van der Waals surface area contributed by atoms with Gasteiger partial charge in [-0.05, 0) is 107 Å². The molecule has 0 saturated carbocycles. The van der Waals surface area contributed by atoms with Crippen molar-refractivity contribution in [2.24, 2.45) is 10.2 Å². The summed E-state index contributed by atoms with van der Waals surface area (Å²) in [7, 11) is 0. The first-order chi connectivity index (χ1) is 24.2. The molecule has 5 aromatic carbocycles. The minimum atomic E-state index is -1.32. The fourth-order valence-electron chi connectivity index (χ4n) is 4.57. The summed E-state index contributed by atoms with van der Waals surface area (Å²) >= 11 is 1.92. The number of hydrogen-bond donors (Lipinski definition) is 3. The summed E-state index contributed by atoms with van der Waals surface area (Å²) in [6.45, 7) is 0.315. The van der Waals surface area contributed by atoms with Gasteiger partial charge in [-0.3, -0.25) is 9.59 Å². The zero-order valence-electron chi connectivity index (χ0n) is 25.6. The summed E-state index contributed by atoms with van der Waals surface area (Å²) in [5, 5.41) is 31.7. The summed E-state index contributed by atoms with van der Waals surface area (Å²) in [4.78, 5) is 25.7. The van der Waals surface area contributed by atoms with Crippen molar-refractivity contribution >= 4 is 62.8 Å². The first kappa shape index (κ1) is 33.8. The van der Waals surface area contributed by atoms with E-state index in [4.69, 9.17) is 0 Å². The minimum Gasteiger partial charge on any atom is -0.350 e. The quantitative estimate of drug-likeness (QED) is 0.0936. The lowest BCUT2D eigenvalue weighted by atomic mass is 10.1. The van der Waals surface area contributed by atoms with Crippen LogP contribution in [0.1, 0.15) is 26.3 Å². The highest BCUT2D eigenvalue weighted by Crippen LogP contribution is 2.30. The molecule has 6 aromatic rings. The van der Waals surface area contributed by atoms with Crippen molar-refractivity contribution in [3.63, 3.8) is 0 Å². The Morgan fingerprint density at radius 2 is 1.38 bits per heavy atom. The predicted octanol–water partition coefficient (Wildman–Crippen LogP) is 8.30. The van der Waals surface area contributed by atoms with Crippen LogP contribution in [0.4, 0.5) is 41.6 Å². The van der Waals surface area contributed by atoms with Gasteiger partial charge in [-0.25, -0.2) is 13.2 Å². The maximum absolute atomic E-state index is 14.8. The summed E-state index contributed by atoms with van der Waals surface area (Å²) in [5.41, 5.74) is 2.55. The lowest BCUT2D eigenvalue weighted by molar-refractivity contribution is 0.0950. The highest BCUT2D eigenvalue weighted by atomic mass is 127. The number of halogens is 4. The van der Waals surface area contributed by atoms with E-state index in [1.54, 1.807) is 54.6 Å². The smallest absolute Gasteiger partial charge is 0.257 e. The molecule has 15 heteroatoms. The third kappa shape index (κ3) is 8.30. The Balaban J connectivity index is 1.04. The van der Waals surface area contributed by atoms with Crippen LogP contribution in [0.25, 0.3) is 11.4 Å². The first-order valence-corrected chi connectivity index (χ1v) is 15.8. The van der Waals surface area contributed by atoms with Gasteiger partial charge in [0.25, 0.3) is 11.8 Å². The number of carbonyl (C=O) groups excluding carboxylic acids is 2. The fraction of sp³-hybridized carbons (Fsp3) is 0.0286. The molecule has 0 aliphatic rings. The van der Waals surface area contributed by atoms with Gasteiger partial charge in [-0.15, -0.1) is 20.4 Å². The largest absolute Gasteiger partial charge is 0.350 e. The van der Waals surface area contributed by atoms with Crippen LogP contribution in [0, 0.1) is 21.0 Å². The molecular formula is C35H23F3IN9O2. The van der Waals surface area contributed by atoms with Crippen LogP contribution >= 0.6 is 22.6 Å². The summed E-state index contributed by atoms with van der Waals surface area (Å²) in [5.74, 6) is -3.81.